The Morgan fingerprint density at radius 1 is 1.25 bits per heavy atom. The maximum absolute atomic E-state index is 12.6. The lowest BCUT2D eigenvalue weighted by Gasteiger charge is -2.31. The molecule has 0 aromatic heterocycles. The van der Waals surface area contributed by atoms with E-state index in [1.54, 1.807) is 23.1 Å². The molecule has 2 aromatic rings. The predicted molar refractivity (Wildman–Crippen MR) is 85.6 cm³/mol. The monoisotopic (exact) mass is 350 g/mol. The molecule has 2 aromatic carbocycles. The van der Waals surface area contributed by atoms with E-state index in [1.807, 2.05) is 25.1 Å². The highest BCUT2D eigenvalue weighted by molar-refractivity contribution is 9.10. The van der Waals surface area contributed by atoms with Crippen molar-refractivity contribution in [3.63, 3.8) is 0 Å². The summed E-state index contributed by atoms with van der Waals surface area (Å²) in [7, 11) is 0. The van der Waals surface area contributed by atoms with Crippen LogP contribution < -0.4 is 10.2 Å². The molecule has 20 heavy (non-hydrogen) atoms. The van der Waals surface area contributed by atoms with E-state index < -0.39 is 0 Å². The fraction of sp³-hybridized carbons (Fsp3) is 0.133. The standard InChI is InChI=1S/C15H12BrClN2O/c1-9-11(16)5-3-7-13(9)19-8-18-14-10(15(19)20)4-2-6-12(14)17/h2-7,18H,8H2,1H3. The van der Waals surface area contributed by atoms with Gasteiger partial charge in [-0.1, -0.05) is 39.7 Å². The topological polar surface area (TPSA) is 32.3 Å². The Balaban J connectivity index is 2.07. The van der Waals surface area contributed by atoms with Gasteiger partial charge in [0.15, 0.2) is 0 Å². The largest absolute Gasteiger partial charge is 0.365 e. The summed E-state index contributed by atoms with van der Waals surface area (Å²) in [5.74, 6) is -0.0394. The number of rotatable bonds is 1. The van der Waals surface area contributed by atoms with Crippen LogP contribution in [0.3, 0.4) is 0 Å². The minimum atomic E-state index is -0.0394. The Labute approximate surface area is 130 Å². The average molecular weight is 352 g/mol. The van der Waals surface area contributed by atoms with E-state index >= 15 is 0 Å². The van der Waals surface area contributed by atoms with Gasteiger partial charge in [-0.25, -0.2) is 0 Å². The highest BCUT2D eigenvalue weighted by atomic mass is 79.9. The first-order valence-electron chi connectivity index (χ1n) is 6.19. The van der Waals surface area contributed by atoms with E-state index in [0.29, 0.717) is 22.9 Å². The van der Waals surface area contributed by atoms with Crippen LogP contribution in [0.1, 0.15) is 15.9 Å². The summed E-state index contributed by atoms with van der Waals surface area (Å²) in [6.07, 6.45) is 0. The molecule has 0 fully saturated rings. The van der Waals surface area contributed by atoms with Crippen LogP contribution >= 0.6 is 27.5 Å². The van der Waals surface area contributed by atoms with Crippen molar-refractivity contribution in [2.75, 3.05) is 16.9 Å². The summed E-state index contributed by atoms with van der Waals surface area (Å²) in [6.45, 7) is 2.40. The molecule has 0 radical (unpaired) electrons. The number of hydrogen-bond acceptors (Lipinski definition) is 2. The van der Waals surface area contributed by atoms with E-state index in [1.165, 1.54) is 0 Å². The average Bonchev–Trinajstić information content (AvgIpc) is 2.44. The molecule has 1 heterocycles. The molecule has 1 aliphatic heterocycles. The zero-order valence-electron chi connectivity index (χ0n) is 10.8. The van der Waals surface area contributed by atoms with Crippen molar-refractivity contribution < 1.29 is 4.79 Å². The second-order valence-corrected chi connectivity index (χ2v) is 5.88. The first kappa shape index (κ1) is 13.5. The van der Waals surface area contributed by atoms with E-state index in [-0.39, 0.29) is 5.91 Å². The lowest BCUT2D eigenvalue weighted by atomic mass is 10.1. The Kier molecular flexibility index (Phi) is 3.44. The fourth-order valence-electron chi connectivity index (χ4n) is 2.34. The number of carbonyl (C=O) groups is 1. The zero-order valence-corrected chi connectivity index (χ0v) is 13.1. The summed E-state index contributed by atoms with van der Waals surface area (Å²) in [5.41, 5.74) is 3.24. The number of halogens is 2. The molecular formula is C15H12BrClN2O. The van der Waals surface area contributed by atoms with Crippen LogP contribution in [0.15, 0.2) is 40.9 Å². The Morgan fingerprint density at radius 3 is 2.80 bits per heavy atom. The van der Waals surface area contributed by atoms with Crippen molar-refractivity contribution in [2.45, 2.75) is 6.92 Å². The SMILES string of the molecule is Cc1c(Br)cccc1N1CNc2c(Cl)cccc2C1=O. The van der Waals surface area contributed by atoms with E-state index in [4.69, 9.17) is 11.6 Å². The van der Waals surface area contributed by atoms with Crippen LogP contribution in [-0.4, -0.2) is 12.6 Å². The molecule has 1 N–H and O–H groups in total. The smallest absolute Gasteiger partial charge is 0.261 e. The number of nitrogens with zero attached hydrogens (tertiary/aromatic N) is 1. The van der Waals surface area contributed by atoms with Gasteiger partial charge in [0.05, 0.1) is 22.9 Å². The van der Waals surface area contributed by atoms with Crippen LogP contribution in [0.4, 0.5) is 11.4 Å². The molecule has 1 amide bonds. The summed E-state index contributed by atoms with van der Waals surface area (Å²) in [5, 5.41) is 3.79. The lowest BCUT2D eigenvalue weighted by Crippen LogP contribution is -2.40. The molecule has 0 unspecified atom stereocenters. The molecule has 0 atom stereocenters. The van der Waals surface area contributed by atoms with Crippen molar-refractivity contribution in [1.82, 2.24) is 0 Å². The second-order valence-electron chi connectivity index (χ2n) is 4.61. The fourth-order valence-corrected chi connectivity index (χ4v) is 2.94. The number of carbonyl (C=O) groups excluding carboxylic acids is 1. The maximum atomic E-state index is 12.6. The van der Waals surface area contributed by atoms with Gasteiger partial charge >= 0.3 is 0 Å². The van der Waals surface area contributed by atoms with Crippen LogP contribution in [0, 0.1) is 6.92 Å². The molecule has 3 nitrogen and oxygen atoms in total. The van der Waals surface area contributed by atoms with Crippen LogP contribution in [0.5, 0.6) is 0 Å². The minimum Gasteiger partial charge on any atom is -0.365 e. The molecule has 3 rings (SSSR count). The summed E-state index contributed by atoms with van der Waals surface area (Å²) in [4.78, 5) is 14.4. The highest BCUT2D eigenvalue weighted by Crippen LogP contribution is 2.34. The molecular weight excluding hydrogens is 340 g/mol. The molecule has 0 aliphatic carbocycles. The third-order valence-electron chi connectivity index (χ3n) is 3.43. The minimum absolute atomic E-state index is 0.0394. The maximum Gasteiger partial charge on any atom is 0.261 e. The number of fused-ring (bicyclic) bond motifs is 1. The molecule has 102 valence electrons. The van der Waals surface area contributed by atoms with Crippen LogP contribution in [0.25, 0.3) is 0 Å². The Hall–Kier alpha value is -1.52. The van der Waals surface area contributed by atoms with Gasteiger partial charge in [0.2, 0.25) is 0 Å². The normalized spacial score (nSPS) is 13.9. The van der Waals surface area contributed by atoms with Gasteiger partial charge in [-0.15, -0.1) is 0 Å². The number of amides is 1. The van der Waals surface area contributed by atoms with E-state index in [9.17, 15) is 4.79 Å². The van der Waals surface area contributed by atoms with Gasteiger partial charge in [0, 0.05) is 10.2 Å². The van der Waals surface area contributed by atoms with Crippen molar-refractivity contribution in [2.24, 2.45) is 0 Å². The van der Waals surface area contributed by atoms with Gasteiger partial charge in [-0.3, -0.25) is 9.69 Å². The summed E-state index contributed by atoms with van der Waals surface area (Å²) in [6, 6.07) is 11.2. The number of para-hydroxylation sites is 1. The number of anilines is 2. The Bertz CT molecular complexity index is 702. The van der Waals surface area contributed by atoms with E-state index in [0.717, 1.165) is 15.7 Å². The second kappa shape index (κ2) is 5.11. The van der Waals surface area contributed by atoms with Crippen molar-refractivity contribution in [3.8, 4) is 0 Å². The molecule has 1 aliphatic rings. The quantitative estimate of drug-likeness (QED) is 0.824. The molecule has 0 bridgehead atoms. The highest BCUT2D eigenvalue weighted by Gasteiger charge is 2.27. The van der Waals surface area contributed by atoms with Gasteiger partial charge in [0.25, 0.3) is 5.91 Å². The molecule has 5 heteroatoms. The number of hydrogen-bond donors (Lipinski definition) is 1. The first-order chi connectivity index (χ1) is 9.59. The predicted octanol–water partition coefficient (Wildman–Crippen LogP) is 4.44. The van der Waals surface area contributed by atoms with Crippen LogP contribution in [0.2, 0.25) is 5.02 Å². The third-order valence-corrected chi connectivity index (χ3v) is 4.61. The third kappa shape index (κ3) is 2.09. The van der Waals surface area contributed by atoms with Gasteiger partial charge in [-0.2, -0.15) is 0 Å². The van der Waals surface area contributed by atoms with E-state index in [2.05, 4.69) is 21.2 Å². The van der Waals surface area contributed by atoms with Crippen molar-refractivity contribution >= 4 is 44.8 Å². The Morgan fingerprint density at radius 2 is 2.00 bits per heavy atom. The first-order valence-corrected chi connectivity index (χ1v) is 7.36. The number of benzene rings is 2. The molecule has 0 spiro atoms. The summed E-state index contributed by atoms with van der Waals surface area (Å²) < 4.78 is 0.986. The van der Waals surface area contributed by atoms with Gasteiger partial charge in [0.1, 0.15) is 0 Å². The van der Waals surface area contributed by atoms with Crippen molar-refractivity contribution in [1.29, 1.82) is 0 Å². The summed E-state index contributed by atoms with van der Waals surface area (Å²) >= 11 is 9.61. The lowest BCUT2D eigenvalue weighted by molar-refractivity contribution is 0.0986. The van der Waals surface area contributed by atoms with Gasteiger partial charge in [-0.05, 0) is 36.8 Å². The van der Waals surface area contributed by atoms with Crippen LogP contribution in [-0.2, 0) is 0 Å². The number of nitrogens with one attached hydrogen (secondary N) is 1. The molecule has 0 saturated heterocycles. The van der Waals surface area contributed by atoms with Gasteiger partial charge < -0.3 is 5.32 Å². The zero-order chi connectivity index (χ0) is 14.3. The molecule has 0 saturated carbocycles. The van der Waals surface area contributed by atoms with Crippen molar-refractivity contribution in [3.05, 3.63) is 57.0 Å².